The number of rotatable bonds is 3. The summed E-state index contributed by atoms with van der Waals surface area (Å²) in [6.07, 6.45) is 0. The molecule has 0 aliphatic carbocycles. The van der Waals surface area contributed by atoms with E-state index in [4.69, 9.17) is 0 Å². The van der Waals surface area contributed by atoms with Gasteiger partial charge in [0.05, 0.1) is 0 Å². The second-order valence-corrected chi connectivity index (χ2v) is 6.78. The van der Waals surface area contributed by atoms with Gasteiger partial charge in [0.1, 0.15) is 5.82 Å². The third-order valence-corrected chi connectivity index (χ3v) is 4.49. The molecule has 1 aromatic carbocycles. The van der Waals surface area contributed by atoms with Crippen molar-refractivity contribution in [1.29, 1.82) is 0 Å². The van der Waals surface area contributed by atoms with Crippen molar-refractivity contribution in [3.8, 4) is 0 Å². The number of benzene rings is 1. The van der Waals surface area contributed by atoms with Gasteiger partial charge >= 0.3 is 0 Å². The minimum Gasteiger partial charge on any atom is -0.353 e. The summed E-state index contributed by atoms with van der Waals surface area (Å²) in [5.74, 6) is 1.10. The largest absolute Gasteiger partial charge is 0.353 e. The third-order valence-electron chi connectivity index (χ3n) is 4.49. The number of aromatic nitrogens is 1. The molecule has 0 N–H and O–H groups in total. The summed E-state index contributed by atoms with van der Waals surface area (Å²) in [6.45, 7) is 10.8. The topological polar surface area (TPSA) is 19.4 Å². The Morgan fingerprint density at radius 1 is 1.00 bits per heavy atom. The third kappa shape index (κ3) is 3.30. The van der Waals surface area contributed by atoms with Gasteiger partial charge in [-0.05, 0) is 38.5 Å². The lowest BCUT2D eigenvalue weighted by atomic mass is 9.97. The summed E-state index contributed by atoms with van der Waals surface area (Å²) in [5.41, 5.74) is 2.61. The average molecular weight is 295 g/mol. The number of piperazine rings is 1. The fraction of sp³-hybridized carbons (Fsp3) is 0.421. The van der Waals surface area contributed by atoms with Crippen LogP contribution < -0.4 is 4.90 Å². The van der Waals surface area contributed by atoms with Crippen molar-refractivity contribution in [2.45, 2.75) is 32.9 Å². The Kier molecular flexibility index (Phi) is 4.16. The maximum absolute atomic E-state index is 4.68. The molecular formula is C19H25N3. The quantitative estimate of drug-likeness (QED) is 0.864. The molecule has 3 rings (SSSR count). The summed E-state index contributed by atoms with van der Waals surface area (Å²) in [4.78, 5) is 9.67. The molecule has 0 saturated carbocycles. The number of hydrogen-bond donors (Lipinski definition) is 0. The van der Waals surface area contributed by atoms with Crippen molar-refractivity contribution in [1.82, 2.24) is 9.88 Å². The van der Waals surface area contributed by atoms with Crippen molar-refractivity contribution in [2.24, 2.45) is 0 Å². The van der Waals surface area contributed by atoms with Gasteiger partial charge in [-0.2, -0.15) is 0 Å². The van der Waals surface area contributed by atoms with Crippen molar-refractivity contribution < 1.29 is 0 Å². The van der Waals surface area contributed by atoms with Crippen molar-refractivity contribution >= 4 is 5.82 Å². The predicted octanol–water partition coefficient (Wildman–Crippen LogP) is 3.49. The molecular weight excluding hydrogens is 270 g/mol. The molecule has 0 amide bonds. The first-order valence-corrected chi connectivity index (χ1v) is 8.02. The fourth-order valence-electron chi connectivity index (χ4n) is 3.19. The van der Waals surface area contributed by atoms with Gasteiger partial charge in [0, 0.05) is 37.4 Å². The van der Waals surface area contributed by atoms with Crippen LogP contribution in [-0.4, -0.2) is 35.1 Å². The first-order chi connectivity index (χ1) is 10.5. The molecule has 3 heteroatoms. The van der Waals surface area contributed by atoms with Gasteiger partial charge < -0.3 is 4.90 Å². The molecule has 0 unspecified atom stereocenters. The minimum atomic E-state index is 0.138. The van der Waals surface area contributed by atoms with Gasteiger partial charge in [0.15, 0.2) is 0 Å². The van der Waals surface area contributed by atoms with Crippen LogP contribution in [0, 0.1) is 6.92 Å². The first kappa shape index (κ1) is 15.0. The van der Waals surface area contributed by atoms with E-state index in [0.29, 0.717) is 0 Å². The lowest BCUT2D eigenvalue weighted by Crippen LogP contribution is -2.59. The number of aryl methyl sites for hydroxylation is 1. The zero-order valence-electron chi connectivity index (χ0n) is 13.8. The van der Waals surface area contributed by atoms with E-state index in [1.807, 2.05) is 0 Å². The Labute approximate surface area is 133 Å². The molecule has 1 saturated heterocycles. The number of nitrogens with zero attached hydrogens (tertiary/aromatic N) is 3. The van der Waals surface area contributed by atoms with Gasteiger partial charge in [0.25, 0.3) is 0 Å². The van der Waals surface area contributed by atoms with E-state index >= 15 is 0 Å². The van der Waals surface area contributed by atoms with E-state index in [9.17, 15) is 0 Å². The Morgan fingerprint density at radius 2 is 1.77 bits per heavy atom. The van der Waals surface area contributed by atoms with E-state index in [2.05, 4.69) is 84.1 Å². The highest BCUT2D eigenvalue weighted by Gasteiger charge is 2.34. The monoisotopic (exact) mass is 295 g/mol. The van der Waals surface area contributed by atoms with E-state index in [-0.39, 0.29) is 5.54 Å². The zero-order valence-corrected chi connectivity index (χ0v) is 13.8. The van der Waals surface area contributed by atoms with Gasteiger partial charge in [-0.25, -0.2) is 4.98 Å². The zero-order chi connectivity index (χ0) is 15.6. The number of anilines is 1. The Hall–Kier alpha value is -1.87. The molecule has 116 valence electrons. The molecule has 0 radical (unpaired) electrons. The standard InChI is InChI=1S/C19H25N3/c1-16-8-7-11-18(20-16)21-12-13-22(19(2,3)15-21)14-17-9-5-4-6-10-17/h4-11H,12-15H2,1-3H3. The molecule has 2 aromatic rings. The van der Waals surface area contributed by atoms with Crippen LogP contribution in [-0.2, 0) is 6.54 Å². The fourth-order valence-corrected chi connectivity index (χ4v) is 3.19. The van der Waals surface area contributed by atoms with Crippen molar-refractivity contribution in [3.05, 3.63) is 59.8 Å². The van der Waals surface area contributed by atoms with Crippen LogP contribution in [0.4, 0.5) is 5.82 Å². The van der Waals surface area contributed by atoms with Crippen LogP contribution in [0.15, 0.2) is 48.5 Å². The molecule has 3 nitrogen and oxygen atoms in total. The minimum absolute atomic E-state index is 0.138. The molecule has 2 heterocycles. The second kappa shape index (κ2) is 6.09. The Balaban J connectivity index is 1.72. The maximum atomic E-state index is 4.68. The van der Waals surface area contributed by atoms with Gasteiger partial charge in [-0.15, -0.1) is 0 Å². The first-order valence-electron chi connectivity index (χ1n) is 8.02. The summed E-state index contributed by atoms with van der Waals surface area (Å²) in [5, 5.41) is 0. The highest BCUT2D eigenvalue weighted by Crippen LogP contribution is 2.26. The molecule has 0 spiro atoms. The van der Waals surface area contributed by atoms with Crippen LogP contribution in [0.25, 0.3) is 0 Å². The van der Waals surface area contributed by atoms with E-state index < -0.39 is 0 Å². The Morgan fingerprint density at radius 3 is 2.45 bits per heavy atom. The number of hydrogen-bond acceptors (Lipinski definition) is 3. The molecule has 1 aliphatic heterocycles. The summed E-state index contributed by atoms with van der Waals surface area (Å²) >= 11 is 0. The predicted molar refractivity (Wildman–Crippen MR) is 92.1 cm³/mol. The smallest absolute Gasteiger partial charge is 0.128 e. The van der Waals surface area contributed by atoms with Gasteiger partial charge in [-0.3, -0.25) is 4.90 Å². The van der Waals surface area contributed by atoms with Crippen LogP contribution in [0.2, 0.25) is 0 Å². The van der Waals surface area contributed by atoms with Crippen LogP contribution in [0.1, 0.15) is 25.1 Å². The van der Waals surface area contributed by atoms with E-state index in [0.717, 1.165) is 37.7 Å². The van der Waals surface area contributed by atoms with Crippen molar-refractivity contribution in [2.75, 3.05) is 24.5 Å². The molecule has 0 atom stereocenters. The Bertz CT molecular complexity index is 622. The molecule has 22 heavy (non-hydrogen) atoms. The molecule has 1 fully saturated rings. The summed E-state index contributed by atoms with van der Waals surface area (Å²) in [6, 6.07) is 17.0. The van der Waals surface area contributed by atoms with E-state index in [1.54, 1.807) is 0 Å². The SMILES string of the molecule is Cc1cccc(N2CCN(Cc3ccccc3)C(C)(C)C2)n1. The van der Waals surface area contributed by atoms with Gasteiger partial charge in [-0.1, -0.05) is 36.4 Å². The molecule has 0 bridgehead atoms. The van der Waals surface area contributed by atoms with Crippen LogP contribution in [0.5, 0.6) is 0 Å². The summed E-state index contributed by atoms with van der Waals surface area (Å²) in [7, 11) is 0. The highest BCUT2D eigenvalue weighted by atomic mass is 15.3. The van der Waals surface area contributed by atoms with Crippen LogP contribution in [0.3, 0.4) is 0 Å². The summed E-state index contributed by atoms with van der Waals surface area (Å²) < 4.78 is 0. The van der Waals surface area contributed by atoms with Crippen LogP contribution >= 0.6 is 0 Å². The maximum Gasteiger partial charge on any atom is 0.128 e. The van der Waals surface area contributed by atoms with Gasteiger partial charge in [0.2, 0.25) is 0 Å². The normalized spacial score (nSPS) is 18.4. The van der Waals surface area contributed by atoms with Crippen molar-refractivity contribution in [3.63, 3.8) is 0 Å². The lowest BCUT2D eigenvalue weighted by Gasteiger charge is -2.47. The molecule has 1 aliphatic rings. The average Bonchev–Trinajstić information content (AvgIpc) is 2.50. The highest BCUT2D eigenvalue weighted by molar-refractivity contribution is 5.40. The number of pyridine rings is 1. The lowest BCUT2D eigenvalue weighted by molar-refractivity contribution is 0.0959. The van der Waals surface area contributed by atoms with E-state index in [1.165, 1.54) is 5.56 Å². The molecule has 1 aromatic heterocycles. The second-order valence-electron chi connectivity index (χ2n) is 6.78.